The standard InChI is InChI=1S/C10H7ClN2O4/c11-4-7-2-9(13(16)17)8(5-12)1-6(7)3-10(14)15/h1-2H,3-4H2,(H,14,15). The summed E-state index contributed by atoms with van der Waals surface area (Å²) in [6.45, 7) is 0. The highest BCUT2D eigenvalue weighted by Crippen LogP contribution is 2.24. The Morgan fingerprint density at radius 2 is 2.18 bits per heavy atom. The Balaban J connectivity index is 3.39. The van der Waals surface area contributed by atoms with Gasteiger partial charge in [-0.3, -0.25) is 14.9 Å². The summed E-state index contributed by atoms with van der Waals surface area (Å²) in [5.41, 5.74) is 0.131. The van der Waals surface area contributed by atoms with Crippen molar-refractivity contribution in [1.29, 1.82) is 5.26 Å². The highest BCUT2D eigenvalue weighted by atomic mass is 35.5. The first-order valence-electron chi connectivity index (χ1n) is 4.47. The molecule has 0 fully saturated rings. The van der Waals surface area contributed by atoms with Gasteiger partial charge in [0, 0.05) is 11.9 Å². The van der Waals surface area contributed by atoms with E-state index in [1.54, 1.807) is 6.07 Å². The summed E-state index contributed by atoms with van der Waals surface area (Å²) < 4.78 is 0. The van der Waals surface area contributed by atoms with Gasteiger partial charge in [0.05, 0.1) is 11.3 Å². The quantitative estimate of drug-likeness (QED) is 0.501. The SMILES string of the molecule is N#Cc1cc(CC(=O)O)c(CCl)cc1[N+](=O)[O-]. The summed E-state index contributed by atoms with van der Waals surface area (Å²) in [6, 6.07) is 4.01. The van der Waals surface area contributed by atoms with Gasteiger partial charge in [-0.25, -0.2) is 0 Å². The number of carboxylic acid groups (broad SMARTS) is 1. The lowest BCUT2D eigenvalue weighted by Crippen LogP contribution is -2.05. The van der Waals surface area contributed by atoms with Gasteiger partial charge >= 0.3 is 5.97 Å². The molecule has 0 unspecified atom stereocenters. The molecule has 0 aromatic heterocycles. The molecule has 0 aliphatic carbocycles. The van der Waals surface area contributed by atoms with Crippen LogP contribution in [0.3, 0.4) is 0 Å². The molecule has 6 nitrogen and oxygen atoms in total. The van der Waals surface area contributed by atoms with E-state index in [1.807, 2.05) is 0 Å². The molecule has 0 heterocycles. The van der Waals surface area contributed by atoms with Crippen molar-refractivity contribution >= 4 is 23.3 Å². The Morgan fingerprint density at radius 1 is 1.53 bits per heavy atom. The number of rotatable bonds is 4. The zero-order valence-corrected chi connectivity index (χ0v) is 9.27. The van der Waals surface area contributed by atoms with E-state index in [2.05, 4.69) is 0 Å². The molecule has 17 heavy (non-hydrogen) atoms. The Labute approximate surface area is 101 Å². The van der Waals surface area contributed by atoms with Crippen molar-refractivity contribution in [1.82, 2.24) is 0 Å². The van der Waals surface area contributed by atoms with Crippen molar-refractivity contribution in [2.75, 3.05) is 0 Å². The zero-order chi connectivity index (χ0) is 13.0. The van der Waals surface area contributed by atoms with Crippen molar-refractivity contribution in [2.24, 2.45) is 0 Å². The molecule has 88 valence electrons. The molecule has 0 radical (unpaired) electrons. The van der Waals surface area contributed by atoms with Crippen molar-refractivity contribution in [3.63, 3.8) is 0 Å². The van der Waals surface area contributed by atoms with Crippen LogP contribution in [0.15, 0.2) is 12.1 Å². The van der Waals surface area contributed by atoms with Crippen molar-refractivity contribution in [2.45, 2.75) is 12.3 Å². The van der Waals surface area contributed by atoms with Crippen molar-refractivity contribution in [3.8, 4) is 6.07 Å². The van der Waals surface area contributed by atoms with E-state index in [9.17, 15) is 14.9 Å². The fourth-order valence-electron chi connectivity index (χ4n) is 1.37. The van der Waals surface area contributed by atoms with Gasteiger partial charge in [-0.2, -0.15) is 5.26 Å². The number of nitro groups is 1. The topological polar surface area (TPSA) is 104 Å². The summed E-state index contributed by atoms with van der Waals surface area (Å²) in [7, 11) is 0. The van der Waals surface area contributed by atoms with Gasteiger partial charge in [0.25, 0.3) is 5.69 Å². The minimum atomic E-state index is -1.09. The number of nitriles is 1. The maximum atomic E-state index is 10.7. The number of benzene rings is 1. The van der Waals surface area contributed by atoms with E-state index >= 15 is 0 Å². The first kappa shape index (κ1) is 12.9. The van der Waals surface area contributed by atoms with E-state index in [0.717, 1.165) is 6.07 Å². The number of halogens is 1. The third-order valence-corrected chi connectivity index (χ3v) is 2.41. The lowest BCUT2D eigenvalue weighted by molar-refractivity contribution is -0.385. The Morgan fingerprint density at radius 3 is 2.59 bits per heavy atom. The van der Waals surface area contributed by atoms with Gasteiger partial charge in [-0.05, 0) is 17.2 Å². The number of aliphatic carboxylic acids is 1. The number of carbonyl (C=O) groups is 1. The summed E-state index contributed by atoms with van der Waals surface area (Å²) >= 11 is 5.59. The first-order chi connectivity index (χ1) is 7.99. The lowest BCUT2D eigenvalue weighted by atomic mass is 10.0. The Bertz CT molecular complexity index is 522. The maximum Gasteiger partial charge on any atom is 0.307 e. The second-order valence-corrected chi connectivity index (χ2v) is 3.48. The fraction of sp³-hybridized carbons (Fsp3) is 0.200. The van der Waals surface area contributed by atoms with Crippen LogP contribution in [0, 0.1) is 21.4 Å². The molecule has 1 N–H and O–H groups in total. The number of nitro benzene ring substituents is 1. The molecule has 0 atom stereocenters. The molecule has 1 aromatic rings. The summed E-state index contributed by atoms with van der Waals surface area (Å²) in [6.07, 6.45) is -0.325. The van der Waals surface area contributed by atoms with Crippen LogP contribution in [0.25, 0.3) is 0 Å². The van der Waals surface area contributed by atoms with Crippen molar-refractivity contribution < 1.29 is 14.8 Å². The van der Waals surface area contributed by atoms with Gasteiger partial charge in [0.2, 0.25) is 0 Å². The molecule has 0 saturated heterocycles. The van der Waals surface area contributed by atoms with Crippen LogP contribution in [-0.2, 0) is 17.1 Å². The van der Waals surface area contributed by atoms with Gasteiger partial charge in [0.1, 0.15) is 11.6 Å². The van der Waals surface area contributed by atoms with Crippen molar-refractivity contribution in [3.05, 3.63) is 38.9 Å². The molecule has 1 rings (SSSR count). The van der Waals surface area contributed by atoms with Gasteiger partial charge in [0.15, 0.2) is 0 Å². The Kier molecular flexibility index (Phi) is 4.01. The minimum Gasteiger partial charge on any atom is -0.481 e. The number of carboxylic acids is 1. The number of nitrogens with zero attached hydrogens (tertiary/aromatic N) is 2. The smallest absolute Gasteiger partial charge is 0.307 e. The Hall–Kier alpha value is -2.13. The monoisotopic (exact) mass is 254 g/mol. The van der Waals surface area contributed by atoms with Crippen LogP contribution in [0.2, 0.25) is 0 Å². The number of hydrogen-bond donors (Lipinski definition) is 1. The number of hydrogen-bond acceptors (Lipinski definition) is 4. The highest BCUT2D eigenvalue weighted by molar-refractivity contribution is 6.17. The third kappa shape index (κ3) is 2.92. The van der Waals surface area contributed by atoms with E-state index in [4.69, 9.17) is 22.0 Å². The lowest BCUT2D eigenvalue weighted by Gasteiger charge is -2.05. The molecule has 0 spiro atoms. The average molecular weight is 255 g/mol. The van der Waals surface area contributed by atoms with Crippen LogP contribution in [-0.4, -0.2) is 16.0 Å². The minimum absolute atomic E-state index is 0.0465. The molecule has 0 bridgehead atoms. The van der Waals surface area contributed by atoms with E-state index in [-0.39, 0.29) is 23.6 Å². The maximum absolute atomic E-state index is 10.7. The molecule has 0 saturated carbocycles. The average Bonchev–Trinajstić information content (AvgIpc) is 2.27. The molecular formula is C10H7ClN2O4. The normalized spacial score (nSPS) is 9.65. The highest BCUT2D eigenvalue weighted by Gasteiger charge is 2.18. The summed E-state index contributed by atoms with van der Waals surface area (Å²) in [4.78, 5) is 20.6. The molecule has 1 aromatic carbocycles. The molecule has 0 amide bonds. The molecule has 0 aliphatic heterocycles. The van der Waals surface area contributed by atoms with Crippen LogP contribution in [0.1, 0.15) is 16.7 Å². The second kappa shape index (κ2) is 5.27. The molecular weight excluding hydrogens is 248 g/mol. The van der Waals surface area contributed by atoms with E-state index in [0.29, 0.717) is 11.1 Å². The largest absolute Gasteiger partial charge is 0.481 e. The fourth-order valence-corrected chi connectivity index (χ4v) is 1.62. The first-order valence-corrected chi connectivity index (χ1v) is 5.01. The van der Waals surface area contributed by atoms with E-state index in [1.165, 1.54) is 6.07 Å². The number of alkyl halides is 1. The van der Waals surface area contributed by atoms with Gasteiger partial charge in [-0.15, -0.1) is 11.6 Å². The van der Waals surface area contributed by atoms with Gasteiger partial charge in [-0.1, -0.05) is 0 Å². The van der Waals surface area contributed by atoms with Gasteiger partial charge < -0.3 is 5.11 Å². The second-order valence-electron chi connectivity index (χ2n) is 3.21. The predicted octanol–water partition coefficient (Wildman–Crippen LogP) is 1.83. The van der Waals surface area contributed by atoms with Crippen LogP contribution >= 0.6 is 11.6 Å². The molecule has 0 aliphatic rings. The summed E-state index contributed by atoms with van der Waals surface area (Å²) in [5, 5.41) is 28.1. The third-order valence-electron chi connectivity index (χ3n) is 2.12. The predicted molar refractivity (Wildman–Crippen MR) is 58.7 cm³/mol. The molecule has 7 heteroatoms. The van der Waals surface area contributed by atoms with Crippen LogP contribution in [0.5, 0.6) is 0 Å². The summed E-state index contributed by atoms with van der Waals surface area (Å²) in [5.74, 6) is -1.14. The zero-order valence-electron chi connectivity index (χ0n) is 8.51. The van der Waals surface area contributed by atoms with Crippen LogP contribution < -0.4 is 0 Å². The van der Waals surface area contributed by atoms with Crippen LogP contribution in [0.4, 0.5) is 5.69 Å². The van der Waals surface area contributed by atoms with E-state index < -0.39 is 10.9 Å².